The van der Waals surface area contributed by atoms with Gasteiger partial charge < -0.3 is 4.74 Å². The first-order chi connectivity index (χ1) is 11.2. The second-order valence-electron chi connectivity index (χ2n) is 5.23. The highest BCUT2D eigenvalue weighted by Crippen LogP contribution is 2.42. The monoisotopic (exact) mass is 352 g/mol. The zero-order chi connectivity index (χ0) is 16.0. The van der Waals surface area contributed by atoms with E-state index in [4.69, 9.17) is 27.9 Å². The predicted molar refractivity (Wildman–Crippen MR) is 84.1 cm³/mol. The molecule has 1 aliphatic rings. The van der Waals surface area contributed by atoms with E-state index in [0.29, 0.717) is 23.6 Å². The first kappa shape index (κ1) is 14.8. The first-order valence-electron chi connectivity index (χ1n) is 7.12. The van der Waals surface area contributed by atoms with Crippen molar-refractivity contribution in [3.63, 3.8) is 0 Å². The van der Waals surface area contributed by atoms with E-state index in [1.54, 1.807) is 16.6 Å². The smallest absolute Gasteiger partial charge is 0.253 e. The molecule has 1 unspecified atom stereocenters. The predicted octanol–water partition coefficient (Wildman–Crippen LogP) is 4.09. The highest BCUT2D eigenvalue weighted by Gasteiger charge is 2.29. The molecule has 0 aliphatic carbocycles. The Balaban J connectivity index is 2.09. The average molecular weight is 353 g/mol. The molecule has 0 saturated carbocycles. The van der Waals surface area contributed by atoms with Crippen molar-refractivity contribution < 1.29 is 9.13 Å². The Labute approximate surface area is 141 Å². The molecule has 1 saturated heterocycles. The van der Waals surface area contributed by atoms with Crippen LogP contribution in [0.1, 0.15) is 24.6 Å². The van der Waals surface area contributed by atoms with Gasteiger partial charge in [0.15, 0.2) is 0 Å². The van der Waals surface area contributed by atoms with E-state index in [9.17, 15) is 4.39 Å². The molecule has 23 heavy (non-hydrogen) atoms. The summed E-state index contributed by atoms with van der Waals surface area (Å²) < 4.78 is 21.8. The van der Waals surface area contributed by atoms with E-state index >= 15 is 0 Å². The lowest BCUT2D eigenvalue weighted by Crippen LogP contribution is -2.10. The van der Waals surface area contributed by atoms with Crippen molar-refractivity contribution >= 4 is 29.0 Å². The van der Waals surface area contributed by atoms with Gasteiger partial charge in [-0.1, -0.05) is 29.3 Å². The molecular weight excluding hydrogens is 342 g/mol. The van der Waals surface area contributed by atoms with Gasteiger partial charge in [-0.3, -0.25) is 0 Å². The van der Waals surface area contributed by atoms with Crippen LogP contribution >= 0.6 is 23.2 Å². The molecule has 4 rings (SSSR count). The van der Waals surface area contributed by atoms with Crippen LogP contribution in [0.15, 0.2) is 24.5 Å². The van der Waals surface area contributed by atoms with Crippen LogP contribution in [0.5, 0.6) is 0 Å². The fraction of sp³-hybridized carbons (Fsp3) is 0.267. The van der Waals surface area contributed by atoms with Crippen molar-refractivity contribution in [3.05, 3.63) is 46.2 Å². The number of hydrogen-bond donors (Lipinski definition) is 0. The minimum Gasteiger partial charge on any atom is -0.372 e. The highest BCUT2D eigenvalue weighted by molar-refractivity contribution is 6.36. The quantitative estimate of drug-likeness (QED) is 0.652. The minimum atomic E-state index is -0.472. The van der Waals surface area contributed by atoms with Gasteiger partial charge in [-0.25, -0.2) is 4.39 Å². The van der Waals surface area contributed by atoms with Crippen LogP contribution < -0.4 is 0 Å². The normalized spacial score (nSPS) is 18.0. The molecular formula is C15H11Cl2FN4O. The SMILES string of the molecule is Fc1cccc(Cl)c1-c1c(Cl)nc2ncnn2c1C1CCCO1. The van der Waals surface area contributed by atoms with Gasteiger partial charge in [0.1, 0.15) is 23.4 Å². The van der Waals surface area contributed by atoms with Crippen LogP contribution in [0.3, 0.4) is 0 Å². The van der Waals surface area contributed by atoms with Crippen LogP contribution in [0.25, 0.3) is 16.9 Å². The molecule has 0 amide bonds. The fourth-order valence-corrected chi connectivity index (χ4v) is 3.42. The van der Waals surface area contributed by atoms with Crippen LogP contribution in [-0.2, 0) is 4.74 Å². The molecule has 1 aromatic carbocycles. The van der Waals surface area contributed by atoms with Crippen molar-refractivity contribution in [1.29, 1.82) is 0 Å². The first-order valence-corrected chi connectivity index (χ1v) is 7.87. The summed E-state index contributed by atoms with van der Waals surface area (Å²) >= 11 is 12.6. The lowest BCUT2D eigenvalue weighted by Gasteiger charge is -2.18. The molecule has 3 heterocycles. The van der Waals surface area contributed by atoms with E-state index in [1.807, 2.05) is 0 Å². The topological polar surface area (TPSA) is 52.3 Å². The van der Waals surface area contributed by atoms with Crippen LogP contribution in [0, 0.1) is 5.82 Å². The second kappa shape index (κ2) is 5.70. The third kappa shape index (κ3) is 2.38. The summed E-state index contributed by atoms with van der Waals surface area (Å²) in [6.45, 7) is 0.630. The zero-order valence-electron chi connectivity index (χ0n) is 11.8. The maximum atomic E-state index is 14.5. The summed E-state index contributed by atoms with van der Waals surface area (Å²) in [6, 6.07) is 4.49. The number of fused-ring (bicyclic) bond motifs is 1. The molecule has 0 bridgehead atoms. The van der Waals surface area contributed by atoms with E-state index in [0.717, 1.165) is 12.8 Å². The maximum absolute atomic E-state index is 14.5. The Bertz CT molecular complexity index is 872. The summed E-state index contributed by atoms with van der Waals surface area (Å²) in [5.41, 5.74) is 1.23. The number of rotatable bonds is 2. The van der Waals surface area contributed by atoms with Gasteiger partial charge in [-0.15, -0.1) is 0 Å². The Kier molecular flexibility index (Phi) is 3.67. The summed E-state index contributed by atoms with van der Waals surface area (Å²) in [5, 5.41) is 4.57. The van der Waals surface area contributed by atoms with Crippen LogP contribution in [0.4, 0.5) is 4.39 Å². The van der Waals surface area contributed by atoms with Gasteiger partial charge in [0, 0.05) is 17.7 Å². The molecule has 3 aromatic rings. The molecule has 1 aliphatic heterocycles. The summed E-state index contributed by atoms with van der Waals surface area (Å²) in [4.78, 5) is 8.27. The summed E-state index contributed by atoms with van der Waals surface area (Å²) in [7, 11) is 0. The highest BCUT2D eigenvalue weighted by atomic mass is 35.5. The van der Waals surface area contributed by atoms with Gasteiger partial charge in [0.25, 0.3) is 5.78 Å². The number of ether oxygens (including phenoxy) is 1. The van der Waals surface area contributed by atoms with Crippen LogP contribution in [0.2, 0.25) is 10.2 Å². The Hall–Kier alpha value is -1.76. The number of nitrogens with zero attached hydrogens (tertiary/aromatic N) is 4. The molecule has 0 radical (unpaired) electrons. The Morgan fingerprint density at radius 2 is 2.13 bits per heavy atom. The van der Waals surface area contributed by atoms with Crippen molar-refractivity contribution in [3.8, 4) is 11.1 Å². The number of benzene rings is 1. The van der Waals surface area contributed by atoms with Crippen LogP contribution in [-0.4, -0.2) is 26.2 Å². The Morgan fingerprint density at radius 3 is 2.87 bits per heavy atom. The van der Waals surface area contributed by atoms with Crippen molar-refractivity contribution in [1.82, 2.24) is 19.6 Å². The van der Waals surface area contributed by atoms with E-state index in [1.165, 1.54) is 12.4 Å². The van der Waals surface area contributed by atoms with Gasteiger partial charge in [0.2, 0.25) is 0 Å². The van der Waals surface area contributed by atoms with Gasteiger partial charge in [-0.2, -0.15) is 19.6 Å². The fourth-order valence-electron chi connectivity index (χ4n) is 2.90. The molecule has 118 valence electrons. The standard InChI is InChI=1S/C15H11Cl2FN4O/c16-8-3-1-4-9(18)11(8)12-13(10-5-2-6-23-10)22-15(19-7-20-22)21-14(12)17/h1,3-4,7,10H,2,5-6H2. The second-order valence-corrected chi connectivity index (χ2v) is 6.00. The third-order valence-electron chi connectivity index (χ3n) is 3.87. The number of halogens is 3. The van der Waals surface area contributed by atoms with Crippen molar-refractivity contribution in [2.24, 2.45) is 0 Å². The lowest BCUT2D eigenvalue weighted by molar-refractivity contribution is 0.107. The van der Waals surface area contributed by atoms with E-state index in [-0.39, 0.29) is 21.8 Å². The lowest BCUT2D eigenvalue weighted by atomic mass is 10.0. The van der Waals surface area contributed by atoms with Crippen molar-refractivity contribution in [2.75, 3.05) is 6.61 Å². The molecule has 1 atom stereocenters. The minimum absolute atomic E-state index is 0.128. The number of aromatic nitrogens is 4. The summed E-state index contributed by atoms with van der Waals surface area (Å²) in [6.07, 6.45) is 2.81. The van der Waals surface area contributed by atoms with Gasteiger partial charge in [-0.05, 0) is 25.0 Å². The van der Waals surface area contributed by atoms with E-state index < -0.39 is 5.82 Å². The van der Waals surface area contributed by atoms with Gasteiger partial charge >= 0.3 is 0 Å². The Morgan fingerprint density at radius 1 is 1.26 bits per heavy atom. The molecule has 1 fully saturated rings. The maximum Gasteiger partial charge on any atom is 0.253 e. The zero-order valence-corrected chi connectivity index (χ0v) is 13.4. The van der Waals surface area contributed by atoms with Gasteiger partial charge in [0.05, 0.1) is 10.7 Å². The van der Waals surface area contributed by atoms with E-state index in [2.05, 4.69) is 15.1 Å². The molecule has 2 aromatic heterocycles. The van der Waals surface area contributed by atoms with Crippen molar-refractivity contribution in [2.45, 2.75) is 18.9 Å². The molecule has 5 nitrogen and oxygen atoms in total. The third-order valence-corrected chi connectivity index (χ3v) is 4.45. The molecule has 8 heteroatoms. The average Bonchev–Trinajstić information content (AvgIpc) is 3.18. The number of hydrogen-bond acceptors (Lipinski definition) is 4. The molecule has 0 N–H and O–H groups in total. The largest absolute Gasteiger partial charge is 0.372 e. The summed E-state index contributed by atoms with van der Waals surface area (Å²) in [5.74, 6) is -0.128. The molecule has 0 spiro atoms.